The summed E-state index contributed by atoms with van der Waals surface area (Å²) < 4.78 is 42.8. The van der Waals surface area contributed by atoms with Crippen LogP contribution in [0.3, 0.4) is 0 Å². The normalized spacial score (nSPS) is 12.3. The van der Waals surface area contributed by atoms with E-state index in [4.69, 9.17) is 0 Å². The van der Waals surface area contributed by atoms with Crippen molar-refractivity contribution < 1.29 is 22.6 Å². The maximum absolute atomic E-state index is 13.2. The molecule has 0 aliphatic heterocycles. The third-order valence-electron chi connectivity index (χ3n) is 5.00. The van der Waals surface area contributed by atoms with Crippen LogP contribution in [0.4, 0.5) is 10.1 Å². The lowest BCUT2D eigenvalue weighted by atomic mass is 10.1. The number of hydrogen-bond acceptors (Lipinski definition) is 4. The van der Waals surface area contributed by atoms with Gasteiger partial charge in [0.25, 0.3) is 15.9 Å². The number of carbonyl (C=O) groups excluding carboxylic acids is 1. The zero-order chi connectivity index (χ0) is 23.6. The highest BCUT2D eigenvalue weighted by Gasteiger charge is 2.25. The molecule has 1 heterocycles. The molecule has 0 fully saturated rings. The number of fused-ring (bicyclic) bond motifs is 1. The summed E-state index contributed by atoms with van der Waals surface area (Å²) in [5, 5.41) is 2.82. The summed E-state index contributed by atoms with van der Waals surface area (Å²) in [5.41, 5.74) is 1.79. The number of anilines is 1. The summed E-state index contributed by atoms with van der Waals surface area (Å²) in [6.45, 7) is 1.76. The Kier molecular flexibility index (Phi) is 6.39. The van der Waals surface area contributed by atoms with Crippen LogP contribution in [-0.4, -0.2) is 19.3 Å². The fourth-order valence-corrected chi connectivity index (χ4v) is 4.96. The van der Waals surface area contributed by atoms with Crippen molar-refractivity contribution in [2.75, 3.05) is 4.72 Å². The van der Waals surface area contributed by atoms with Crippen molar-refractivity contribution in [3.63, 3.8) is 0 Å². The number of hydrogen-bond donors (Lipinski definition) is 2. The van der Waals surface area contributed by atoms with Crippen LogP contribution in [0.2, 0.25) is 0 Å². The molecule has 0 saturated carbocycles. The third-order valence-corrected chi connectivity index (χ3v) is 6.90. The molecular formula is C23H19BrFN4O3S+. The van der Waals surface area contributed by atoms with Gasteiger partial charge in [-0.2, -0.15) is 0 Å². The highest BCUT2D eigenvalue weighted by molar-refractivity contribution is 9.10. The fourth-order valence-electron chi connectivity index (χ4n) is 3.34. The lowest BCUT2D eigenvalue weighted by Crippen LogP contribution is -2.28. The van der Waals surface area contributed by atoms with Gasteiger partial charge in [0.15, 0.2) is 11.1 Å². The Labute approximate surface area is 198 Å². The summed E-state index contributed by atoms with van der Waals surface area (Å²) in [7, 11) is -4.06. The number of nitrogens with one attached hydrogen (secondary N) is 3. The van der Waals surface area contributed by atoms with Gasteiger partial charge in [0.2, 0.25) is 5.52 Å². The van der Waals surface area contributed by atoms with Crippen molar-refractivity contribution in [1.29, 1.82) is 0 Å². The largest absolute Gasteiger partial charge is 0.345 e. The van der Waals surface area contributed by atoms with E-state index in [0.717, 1.165) is 0 Å². The Morgan fingerprint density at radius 1 is 1.12 bits per heavy atom. The molecule has 3 aromatic carbocycles. The van der Waals surface area contributed by atoms with Gasteiger partial charge in [0.05, 0.1) is 23.5 Å². The number of rotatable bonds is 6. The predicted molar refractivity (Wildman–Crippen MR) is 126 cm³/mol. The fraction of sp³-hybridized carbons (Fsp3) is 0.0870. The highest BCUT2D eigenvalue weighted by atomic mass is 79.9. The number of halogens is 2. The van der Waals surface area contributed by atoms with E-state index in [1.165, 1.54) is 42.7 Å². The average Bonchev–Trinajstić information content (AvgIpc) is 2.78. The van der Waals surface area contributed by atoms with E-state index in [1.54, 1.807) is 37.3 Å². The van der Waals surface area contributed by atoms with Crippen LogP contribution >= 0.6 is 15.9 Å². The van der Waals surface area contributed by atoms with Crippen molar-refractivity contribution >= 4 is 48.6 Å². The number of carbonyl (C=O) groups is 1. The number of aromatic amines is 1. The van der Waals surface area contributed by atoms with Crippen molar-refractivity contribution in [1.82, 2.24) is 10.3 Å². The summed E-state index contributed by atoms with van der Waals surface area (Å²) in [5.74, 6) is -0.856. The van der Waals surface area contributed by atoms with Gasteiger partial charge in [-0.15, -0.1) is 0 Å². The van der Waals surface area contributed by atoms with Crippen molar-refractivity contribution in [2.45, 2.75) is 17.9 Å². The molecule has 10 heteroatoms. The summed E-state index contributed by atoms with van der Waals surface area (Å²) in [6.07, 6.45) is 3.07. The molecule has 0 aliphatic rings. The van der Waals surface area contributed by atoms with E-state index in [2.05, 4.69) is 35.9 Å². The Bertz CT molecular complexity index is 1440. The van der Waals surface area contributed by atoms with Crippen LogP contribution in [0.15, 0.2) is 82.4 Å². The number of H-pyrrole nitrogens is 1. The van der Waals surface area contributed by atoms with Gasteiger partial charge in [-0.3, -0.25) is 9.52 Å². The molecule has 0 aliphatic carbocycles. The maximum Gasteiger partial charge on any atom is 0.268 e. The topological polar surface area (TPSA) is 102 Å². The Hall–Kier alpha value is -3.37. The number of nitrogens with zero attached hydrogens (tertiary/aromatic N) is 1. The van der Waals surface area contributed by atoms with Crippen molar-refractivity contribution in [3.8, 4) is 0 Å². The van der Waals surface area contributed by atoms with Gasteiger partial charge in [-0.1, -0.05) is 34.1 Å². The van der Waals surface area contributed by atoms with E-state index in [0.29, 0.717) is 21.1 Å². The molecule has 0 bridgehead atoms. The number of benzene rings is 3. The van der Waals surface area contributed by atoms with Gasteiger partial charge in [-0.05, 0) is 55.0 Å². The van der Waals surface area contributed by atoms with Crippen LogP contribution in [0.1, 0.15) is 28.9 Å². The first-order valence-electron chi connectivity index (χ1n) is 9.89. The monoisotopic (exact) mass is 529 g/mol. The lowest BCUT2D eigenvalue weighted by Gasteiger charge is -2.17. The first-order chi connectivity index (χ1) is 15.7. The zero-order valence-corrected chi connectivity index (χ0v) is 19.7. The second-order valence-corrected chi connectivity index (χ2v) is 9.85. The molecule has 4 aromatic rings. The average molecular weight is 530 g/mol. The van der Waals surface area contributed by atoms with Crippen LogP contribution in [0.5, 0.6) is 0 Å². The maximum atomic E-state index is 13.2. The Morgan fingerprint density at radius 3 is 2.64 bits per heavy atom. The second kappa shape index (κ2) is 9.24. The molecule has 1 atom stereocenters. The van der Waals surface area contributed by atoms with Crippen molar-refractivity contribution in [2.24, 2.45) is 0 Å². The van der Waals surface area contributed by atoms with Crippen LogP contribution < -0.4 is 15.0 Å². The minimum atomic E-state index is -4.06. The lowest BCUT2D eigenvalue weighted by molar-refractivity contribution is -0.347. The Morgan fingerprint density at radius 2 is 1.88 bits per heavy atom. The molecule has 3 N–H and O–H groups in total. The molecule has 1 amide bonds. The molecule has 0 saturated heterocycles. The van der Waals surface area contributed by atoms with Crippen molar-refractivity contribution in [3.05, 3.63) is 94.5 Å². The zero-order valence-electron chi connectivity index (χ0n) is 17.3. The van der Waals surface area contributed by atoms with E-state index >= 15 is 0 Å². The van der Waals surface area contributed by atoms with Crippen LogP contribution in [-0.2, 0) is 10.0 Å². The van der Waals surface area contributed by atoms with Gasteiger partial charge in [0.1, 0.15) is 11.3 Å². The van der Waals surface area contributed by atoms with E-state index < -0.39 is 22.0 Å². The molecular weight excluding hydrogens is 511 g/mol. The summed E-state index contributed by atoms with van der Waals surface area (Å²) in [4.78, 5) is 20.1. The first-order valence-corrected chi connectivity index (χ1v) is 12.2. The van der Waals surface area contributed by atoms with Gasteiger partial charge in [-0.25, -0.2) is 22.8 Å². The molecule has 1 aromatic heterocycles. The van der Waals surface area contributed by atoms with E-state index in [1.807, 2.05) is 0 Å². The Balaban J connectivity index is 1.65. The molecule has 0 spiro atoms. The summed E-state index contributed by atoms with van der Waals surface area (Å²) >= 11 is 3.33. The minimum Gasteiger partial charge on any atom is -0.345 e. The van der Waals surface area contributed by atoms with Crippen LogP contribution in [0, 0.1) is 5.82 Å². The molecule has 4 rings (SSSR count). The van der Waals surface area contributed by atoms with Gasteiger partial charge >= 0.3 is 0 Å². The number of sulfonamides is 1. The smallest absolute Gasteiger partial charge is 0.268 e. The highest BCUT2D eigenvalue weighted by Crippen LogP contribution is 2.27. The number of para-hydroxylation sites is 1. The van der Waals surface area contributed by atoms with Crippen LogP contribution in [0.25, 0.3) is 11.0 Å². The molecule has 168 valence electrons. The van der Waals surface area contributed by atoms with Gasteiger partial charge < -0.3 is 5.32 Å². The molecule has 0 radical (unpaired) electrons. The number of aromatic nitrogens is 2. The van der Waals surface area contributed by atoms with E-state index in [-0.39, 0.29) is 22.0 Å². The molecule has 0 unspecified atom stereocenters. The minimum absolute atomic E-state index is 0.000820. The molecule has 33 heavy (non-hydrogen) atoms. The van der Waals surface area contributed by atoms with E-state index in [9.17, 15) is 17.6 Å². The summed E-state index contributed by atoms with van der Waals surface area (Å²) in [6, 6.07) is 14.8. The second-order valence-electron chi connectivity index (χ2n) is 7.28. The third kappa shape index (κ3) is 5.01. The SMILES string of the molecule is C[C@@H](NC(=O)c1ccc(Br)cc1NS(=O)(=O)c1cccc2ncc[nH+]c12)c1ccc(F)cc1. The predicted octanol–water partition coefficient (Wildman–Crippen LogP) is 4.24. The molecule has 7 nitrogen and oxygen atoms in total. The standard InChI is InChI=1S/C23H18BrFN4O3S/c1-14(15-5-8-17(25)9-6-15)28-23(30)18-10-7-16(24)13-20(18)29-33(31,32)21-4-2-3-19-22(21)27-12-11-26-19/h2-14,29H,1H3,(H,28,30)/p+1/t14-/m1/s1. The quantitative estimate of drug-likeness (QED) is 0.389. The first kappa shape index (κ1) is 22.8. The van der Waals surface area contributed by atoms with Gasteiger partial charge in [0, 0.05) is 4.47 Å². The number of amides is 1.